The van der Waals surface area contributed by atoms with Gasteiger partial charge in [-0.15, -0.1) is 0 Å². The van der Waals surface area contributed by atoms with E-state index in [0.29, 0.717) is 5.65 Å². The third-order valence-corrected chi connectivity index (χ3v) is 3.34. The highest BCUT2D eigenvalue weighted by Gasteiger charge is 2.33. The Morgan fingerprint density at radius 1 is 1.08 bits per heavy atom. The van der Waals surface area contributed by atoms with Crippen LogP contribution in [0.4, 0.5) is 18.9 Å². The number of carbonyl (C=O) groups excluding carboxylic acids is 1. The highest BCUT2D eigenvalue weighted by Crippen LogP contribution is 2.34. The molecule has 5 nitrogen and oxygen atoms in total. The van der Waals surface area contributed by atoms with E-state index in [1.54, 1.807) is 18.2 Å². The van der Waals surface area contributed by atoms with Crippen LogP contribution in [-0.4, -0.2) is 15.3 Å². The lowest BCUT2D eigenvalue weighted by molar-refractivity contribution is -0.136. The molecule has 8 heteroatoms. The zero-order valence-corrected chi connectivity index (χ0v) is 12.0. The molecule has 0 radical (unpaired) electrons. The number of carbonyl (C=O) groups is 1. The van der Waals surface area contributed by atoms with Gasteiger partial charge in [-0.1, -0.05) is 18.2 Å². The first-order chi connectivity index (χ1) is 11.4. The van der Waals surface area contributed by atoms with Crippen molar-refractivity contribution in [2.24, 2.45) is 0 Å². The molecule has 1 N–H and O–H groups in total. The van der Waals surface area contributed by atoms with E-state index < -0.39 is 28.9 Å². The van der Waals surface area contributed by atoms with Crippen LogP contribution in [0.15, 0.2) is 59.7 Å². The van der Waals surface area contributed by atoms with Crippen LogP contribution in [0.1, 0.15) is 15.9 Å². The summed E-state index contributed by atoms with van der Waals surface area (Å²) < 4.78 is 40.0. The molecule has 0 unspecified atom stereocenters. The summed E-state index contributed by atoms with van der Waals surface area (Å²) in [6.45, 7) is 0. The molecule has 0 spiro atoms. The van der Waals surface area contributed by atoms with Crippen LogP contribution < -0.4 is 10.9 Å². The summed E-state index contributed by atoms with van der Waals surface area (Å²) in [6, 6.07) is 9.36. The normalized spacial score (nSPS) is 11.5. The van der Waals surface area contributed by atoms with Gasteiger partial charge in [-0.2, -0.15) is 13.2 Å². The maximum absolute atomic E-state index is 13.0. The van der Waals surface area contributed by atoms with Gasteiger partial charge in [0.15, 0.2) is 0 Å². The monoisotopic (exact) mass is 333 g/mol. The van der Waals surface area contributed by atoms with Crippen molar-refractivity contribution in [3.05, 3.63) is 76.3 Å². The standard InChI is InChI=1S/C16H10F3N3O2/c17-16(18,19)11-5-1-2-6-12(11)21-14(23)10-9-20-13-7-3-4-8-22(13)15(10)24/h1-9H,(H,21,23). The lowest BCUT2D eigenvalue weighted by Gasteiger charge is -2.13. The van der Waals surface area contributed by atoms with Crippen LogP contribution in [0, 0.1) is 0 Å². The van der Waals surface area contributed by atoms with Gasteiger partial charge in [0.25, 0.3) is 11.5 Å². The minimum Gasteiger partial charge on any atom is -0.321 e. The third kappa shape index (κ3) is 2.85. The summed E-state index contributed by atoms with van der Waals surface area (Å²) in [4.78, 5) is 28.5. The number of anilines is 1. The summed E-state index contributed by atoms with van der Waals surface area (Å²) in [6.07, 6.45) is -2.16. The maximum atomic E-state index is 13.0. The topological polar surface area (TPSA) is 63.5 Å². The maximum Gasteiger partial charge on any atom is 0.418 e. The predicted octanol–water partition coefficient (Wildman–Crippen LogP) is 2.97. The fourth-order valence-corrected chi connectivity index (χ4v) is 2.21. The van der Waals surface area contributed by atoms with Crippen molar-refractivity contribution in [1.29, 1.82) is 0 Å². The molecule has 0 aliphatic heterocycles. The van der Waals surface area contributed by atoms with Crippen molar-refractivity contribution in [3.63, 3.8) is 0 Å². The van der Waals surface area contributed by atoms with Gasteiger partial charge in [0, 0.05) is 12.4 Å². The van der Waals surface area contributed by atoms with E-state index in [1.165, 1.54) is 18.3 Å². The molecule has 3 rings (SSSR count). The number of hydrogen-bond acceptors (Lipinski definition) is 3. The van der Waals surface area contributed by atoms with E-state index in [-0.39, 0.29) is 5.56 Å². The van der Waals surface area contributed by atoms with Gasteiger partial charge in [0.1, 0.15) is 11.2 Å². The summed E-state index contributed by atoms with van der Waals surface area (Å²) in [5, 5.41) is 2.13. The largest absolute Gasteiger partial charge is 0.418 e. The van der Waals surface area contributed by atoms with Gasteiger partial charge in [0.05, 0.1) is 11.3 Å². The molecule has 24 heavy (non-hydrogen) atoms. The smallest absolute Gasteiger partial charge is 0.321 e. The first-order valence-corrected chi connectivity index (χ1v) is 6.82. The zero-order valence-electron chi connectivity index (χ0n) is 12.0. The van der Waals surface area contributed by atoms with E-state index in [4.69, 9.17) is 0 Å². The summed E-state index contributed by atoms with van der Waals surface area (Å²) >= 11 is 0. The minimum absolute atomic E-state index is 0.328. The number of fused-ring (bicyclic) bond motifs is 1. The number of benzene rings is 1. The minimum atomic E-state index is -4.62. The van der Waals surface area contributed by atoms with Gasteiger partial charge in [0.2, 0.25) is 0 Å². The lowest BCUT2D eigenvalue weighted by Crippen LogP contribution is -2.27. The summed E-state index contributed by atoms with van der Waals surface area (Å²) in [5.41, 5.74) is -2.10. The second-order valence-corrected chi connectivity index (χ2v) is 4.90. The molecule has 0 aliphatic carbocycles. The Balaban J connectivity index is 2.00. The number of rotatable bonds is 2. The van der Waals surface area contributed by atoms with Crippen LogP contribution in [0.25, 0.3) is 5.65 Å². The Bertz CT molecular complexity index is 980. The molecule has 1 amide bonds. The van der Waals surface area contributed by atoms with Gasteiger partial charge in [-0.3, -0.25) is 14.0 Å². The Morgan fingerprint density at radius 3 is 2.54 bits per heavy atom. The summed E-state index contributed by atoms with van der Waals surface area (Å²) in [5.74, 6) is -0.956. The molecule has 0 bridgehead atoms. The molecule has 0 saturated carbocycles. The van der Waals surface area contributed by atoms with E-state index in [1.807, 2.05) is 0 Å². The molecular weight excluding hydrogens is 323 g/mol. The molecule has 122 valence electrons. The molecule has 0 atom stereocenters. The number of pyridine rings is 1. The number of amides is 1. The molecular formula is C16H10F3N3O2. The number of para-hydroxylation sites is 1. The second-order valence-electron chi connectivity index (χ2n) is 4.90. The molecule has 1 aromatic carbocycles. The van der Waals surface area contributed by atoms with Crippen molar-refractivity contribution >= 4 is 17.2 Å². The van der Waals surface area contributed by atoms with Gasteiger partial charge in [-0.25, -0.2) is 4.98 Å². The van der Waals surface area contributed by atoms with Crippen molar-refractivity contribution < 1.29 is 18.0 Å². The average molecular weight is 333 g/mol. The van der Waals surface area contributed by atoms with E-state index >= 15 is 0 Å². The second kappa shape index (κ2) is 5.80. The first kappa shape index (κ1) is 15.7. The van der Waals surface area contributed by atoms with Crippen LogP contribution in [0.3, 0.4) is 0 Å². The van der Waals surface area contributed by atoms with Crippen molar-refractivity contribution in [3.8, 4) is 0 Å². The molecule has 3 aromatic rings. The quantitative estimate of drug-likeness (QED) is 0.784. The number of hydrogen-bond donors (Lipinski definition) is 1. The first-order valence-electron chi connectivity index (χ1n) is 6.82. The number of nitrogens with one attached hydrogen (secondary N) is 1. The molecule has 0 fully saturated rings. The molecule has 2 aromatic heterocycles. The number of halogens is 3. The Kier molecular flexibility index (Phi) is 3.80. The number of alkyl halides is 3. The predicted molar refractivity (Wildman–Crippen MR) is 80.9 cm³/mol. The van der Waals surface area contributed by atoms with E-state index in [2.05, 4.69) is 10.3 Å². The highest BCUT2D eigenvalue weighted by molar-refractivity contribution is 6.04. The lowest BCUT2D eigenvalue weighted by atomic mass is 10.1. The van der Waals surface area contributed by atoms with Crippen molar-refractivity contribution in [2.45, 2.75) is 6.18 Å². The van der Waals surface area contributed by atoms with Gasteiger partial charge in [-0.05, 0) is 24.3 Å². The molecule has 2 heterocycles. The number of nitrogens with zero attached hydrogens (tertiary/aromatic N) is 2. The van der Waals surface area contributed by atoms with Crippen LogP contribution in [-0.2, 0) is 6.18 Å². The van der Waals surface area contributed by atoms with Gasteiger partial charge >= 0.3 is 6.18 Å². The SMILES string of the molecule is O=C(Nc1ccccc1C(F)(F)F)c1cnc2ccccn2c1=O. The molecule has 0 aliphatic rings. The highest BCUT2D eigenvalue weighted by atomic mass is 19.4. The van der Waals surface area contributed by atoms with Crippen molar-refractivity contribution in [1.82, 2.24) is 9.38 Å². The van der Waals surface area contributed by atoms with Crippen LogP contribution in [0.2, 0.25) is 0 Å². The fraction of sp³-hybridized carbons (Fsp3) is 0.0625. The summed E-state index contributed by atoms with van der Waals surface area (Å²) in [7, 11) is 0. The zero-order chi connectivity index (χ0) is 17.3. The Morgan fingerprint density at radius 2 is 1.79 bits per heavy atom. The Labute approximate surface area is 133 Å². The third-order valence-electron chi connectivity index (χ3n) is 3.34. The van der Waals surface area contributed by atoms with Crippen LogP contribution >= 0.6 is 0 Å². The average Bonchev–Trinajstić information content (AvgIpc) is 2.55. The van der Waals surface area contributed by atoms with Crippen molar-refractivity contribution in [2.75, 3.05) is 5.32 Å². The Hall–Kier alpha value is -3.16. The van der Waals surface area contributed by atoms with Gasteiger partial charge < -0.3 is 5.32 Å². The van der Waals surface area contributed by atoms with E-state index in [9.17, 15) is 22.8 Å². The van der Waals surface area contributed by atoms with E-state index in [0.717, 1.165) is 22.7 Å². The fourth-order valence-electron chi connectivity index (χ4n) is 2.21. The molecule has 0 saturated heterocycles. The number of aromatic nitrogens is 2. The van der Waals surface area contributed by atoms with Crippen LogP contribution in [0.5, 0.6) is 0 Å².